The maximum atomic E-state index is 12.9. The zero-order valence-corrected chi connectivity index (χ0v) is 16.4. The first-order chi connectivity index (χ1) is 13.6. The Hall–Kier alpha value is -3.14. The van der Waals surface area contributed by atoms with Gasteiger partial charge in [-0.1, -0.05) is 43.3 Å². The van der Waals surface area contributed by atoms with E-state index in [2.05, 4.69) is 48.4 Å². The summed E-state index contributed by atoms with van der Waals surface area (Å²) in [5, 5.41) is 3.08. The van der Waals surface area contributed by atoms with Crippen LogP contribution in [0.1, 0.15) is 29.5 Å². The molecule has 142 valence electrons. The third-order valence-corrected chi connectivity index (χ3v) is 5.45. The van der Waals surface area contributed by atoms with Crippen molar-refractivity contribution in [2.24, 2.45) is 0 Å². The van der Waals surface area contributed by atoms with Crippen LogP contribution in [0.2, 0.25) is 0 Å². The molecule has 3 aromatic rings. The summed E-state index contributed by atoms with van der Waals surface area (Å²) in [6, 6.07) is 20.3. The smallest absolute Gasteiger partial charge is 0.321 e. The summed E-state index contributed by atoms with van der Waals surface area (Å²) in [5.41, 5.74) is 6.58. The molecule has 0 saturated heterocycles. The number of amides is 2. The summed E-state index contributed by atoms with van der Waals surface area (Å²) in [5.74, 6) is 0.326. The monoisotopic (exact) mass is 371 g/mol. The van der Waals surface area contributed by atoms with Crippen LogP contribution < -0.4 is 5.32 Å². The van der Waals surface area contributed by atoms with E-state index in [4.69, 9.17) is 0 Å². The Balaban J connectivity index is 1.51. The van der Waals surface area contributed by atoms with Crippen LogP contribution in [0.4, 0.5) is 10.5 Å². The number of carbonyl (C=O) groups excluding carboxylic acids is 1. The Morgan fingerprint density at radius 1 is 1.11 bits per heavy atom. The van der Waals surface area contributed by atoms with Gasteiger partial charge in [-0.05, 0) is 60.2 Å². The van der Waals surface area contributed by atoms with Gasteiger partial charge in [-0.15, -0.1) is 0 Å². The Labute approximate surface area is 166 Å². The molecule has 4 heteroatoms. The number of nitrogens with one attached hydrogen (secondary N) is 1. The zero-order chi connectivity index (χ0) is 19.5. The van der Waals surface area contributed by atoms with Crippen molar-refractivity contribution < 1.29 is 4.79 Å². The van der Waals surface area contributed by atoms with Crippen molar-refractivity contribution in [3.05, 3.63) is 83.6 Å². The molecule has 2 heterocycles. The molecule has 1 N–H and O–H groups in total. The van der Waals surface area contributed by atoms with Gasteiger partial charge in [0, 0.05) is 30.5 Å². The van der Waals surface area contributed by atoms with Gasteiger partial charge in [0.15, 0.2) is 0 Å². The van der Waals surface area contributed by atoms with Gasteiger partial charge in [-0.25, -0.2) is 4.79 Å². The SMILES string of the molecule is Cc1ccc(NC(=O)N2CCc3ccccc3[C@@H](C)C2)cc1-c1ccccn1. The highest BCUT2D eigenvalue weighted by Gasteiger charge is 2.23. The van der Waals surface area contributed by atoms with Crippen molar-refractivity contribution in [1.29, 1.82) is 0 Å². The van der Waals surface area contributed by atoms with Crippen LogP contribution in [-0.4, -0.2) is 29.0 Å². The molecular weight excluding hydrogens is 346 g/mol. The number of aromatic nitrogens is 1. The molecule has 0 radical (unpaired) electrons. The van der Waals surface area contributed by atoms with Crippen LogP contribution in [0.3, 0.4) is 0 Å². The maximum absolute atomic E-state index is 12.9. The van der Waals surface area contributed by atoms with Crippen LogP contribution in [0.5, 0.6) is 0 Å². The van der Waals surface area contributed by atoms with E-state index >= 15 is 0 Å². The standard InChI is InChI=1S/C24H25N3O/c1-17-10-11-20(15-22(17)23-9-5-6-13-25-23)26-24(28)27-14-12-19-7-3-4-8-21(19)18(2)16-27/h3-11,13,15,18H,12,14,16H2,1-2H3,(H,26,28)/t18-/m0/s1. The molecule has 1 aliphatic heterocycles. The average molecular weight is 371 g/mol. The number of nitrogens with zero attached hydrogens (tertiary/aromatic N) is 2. The largest absolute Gasteiger partial charge is 0.324 e. The fourth-order valence-corrected chi connectivity index (χ4v) is 3.90. The van der Waals surface area contributed by atoms with Gasteiger partial charge in [-0.3, -0.25) is 4.98 Å². The Kier molecular flexibility index (Phi) is 5.11. The zero-order valence-electron chi connectivity index (χ0n) is 16.4. The number of carbonyl (C=O) groups is 1. The Morgan fingerprint density at radius 2 is 1.93 bits per heavy atom. The van der Waals surface area contributed by atoms with E-state index in [0.717, 1.165) is 42.0 Å². The molecule has 1 atom stereocenters. The molecule has 4 rings (SSSR count). The van der Waals surface area contributed by atoms with E-state index in [1.54, 1.807) is 6.20 Å². The Bertz CT molecular complexity index is 984. The van der Waals surface area contributed by atoms with Crippen molar-refractivity contribution in [1.82, 2.24) is 9.88 Å². The van der Waals surface area contributed by atoms with Gasteiger partial charge < -0.3 is 10.2 Å². The fourth-order valence-electron chi connectivity index (χ4n) is 3.90. The van der Waals surface area contributed by atoms with E-state index in [0.29, 0.717) is 5.92 Å². The van der Waals surface area contributed by atoms with Crippen molar-refractivity contribution >= 4 is 11.7 Å². The number of rotatable bonds is 2. The van der Waals surface area contributed by atoms with Crippen molar-refractivity contribution in [2.45, 2.75) is 26.2 Å². The number of pyridine rings is 1. The molecule has 0 aliphatic carbocycles. The summed E-state index contributed by atoms with van der Waals surface area (Å²) < 4.78 is 0. The van der Waals surface area contributed by atoms with Crippen molar-refractivity contribution in [3.63, 3.8) is 0 Å². The lowest BCUT2D eigenvalue weighted by molar-refractivity contribution is 0.211. The lowest BCUT2D eigenvalue weighted by Crippen LogP contribution is -2.37. The molecule has 2 amide bonds. The first-order valence-electron chi connectivity index (χ1n) is 9.77. The highest BCUT2D eigenvalue weighted by molar-refractivity contribution is 5.90. The van der Waals surface area contributed by atoms with Gasteiger partial charge in [0.2, 0.25) is 0 Å². The van der Waals surface area contributed by atoms with E-state index in [1.807, 2.05) is 41.3 Å². The molecule has 1 aromatic heterocycles. The van der Waals surface area contributed by atoms with Gasteiger partial charge in [0.1, 0.15) is 0 Å². The van der Waals surface area contributed by atoms with E-state index in [-0.39, 0.29) is 6.03 Å². The quantitative estimate of drug-likeness (QED) is 0.669. The Morgan fingerprint density at radius 3 is 2.75 bits per heavy atom. The van der Waals surface area contributed by atoms with Gasteiger partial charge in [0.25, 0.3) is 0 Å². The molecule has 0 fully saturated rings. The number of aryl methyl sites for hydroxylation is 1. The summed E-state index contributed by atoms with van der Waals surface area (Å²) in [6.45, 7) is 5.70. The third kappa shape index (κ3) is 3.77. The lowest BCUT2D eigenvalue weighted by Gasteiger charge is -2.23. The molecule has 4 nitrogen and oxygen atoms in total. The summed E-state index contributed by atoms with van der Waals surface area (Å²) in [4.78, 5) is 19.3. The highest BCUT2D eigenvalue weighted by Crippen LogP contribution is 2.27. The second-order valence-electron chi connectivity index (χ2n) is 7.47. The third-order valence-electron chi connectivity index (χ3n) is 5.45. The van der Waals surface area contributed by atoms with E-state index in [1.165, 1.54) is 11.1 Å². The van der Waals surface area contributed by atoms with E-state index in [9.17, 15) is 4.79 Å². The van der Waals surface area contributed by atoms with Crippen LogP contribution in [-0.2, 0) is 6.42 Å². The average Bonchev–Trinajstić information content (AvgIpc) is 2.89. The number of fused-ring (bicyclic) bond motifs is 1. The summed E-state index contributed by atoms with van der Waals surface area (Å²) in [6.07, 6.45) is 2.68. The fraction of sp³-hybridized carbons (Fsp3) is 0.250. The maximum Gasteiger partial charge on any atom is 0.321 e. The molecule has 0 saturated carbocycles. The molecule has 0 unspecified atom stereocenters. The number of benzene rings is 2. The molecule has 1 aliphatic rings. The molecule has 2 aromatic carbocycles. The van der Waals surface area contributed by atoms with Gasteiger partial charge in [0.05, 0.1) is 5.69 Å². The summed E-state index contributed by atoms with van der Waals surface area (Å²) >= 11 is 0. The molecule has 28 heavy (non-hydrogen) atoms. The number of hydrogen-bond acceptors (Lipinski definition) is 2. The van der Waals surface area contributed by atoms with Gasteiger partial charge >= 0.3 is 6.03 Å². The van der Waals surface area contributed by atoms with Crippen LogP contribution in [0, 0.1) is 6.92 Å². The highest BCUT2D eigenvalue weighted by atomic mass is 16.2. The first-order valence-corrected chi connectivity index (χ1v) is 9.77. The molecular formula is C24H25N3O. The minimum atomic E-state index is -0.0459. The van der Waals surface area contributed by atoms with Crippen molar-refractivity contribution in [3.8, 4) is 11.3 Å². The number of urea groups is 1. The minimum Gasteiger partial charge on any atom is -0.324 e. The first kappa shape index (κ1) is 18.2. The predicted octanol–water partition coefficient (Wildman–Crippen LogP) is 5.25. The summed E-state index contributed by atoms with van der Waals surface area (Å²) in [7, 11) is 0. The predicted molar refractivity (Wildman–Crippen MR) is 114 cm³/mol. The van der Waals surface area contributed by atoms with Crippen LogP contribution >= 0.6 is 0 Å². The number of hydrogen-bond donors (Lipinski definition) is 1. The van der Waals surface area contributed by atoms with E-state index < -0.39 is 0 Å². The molecule has 0 bridgehead atoms. The normalized spacial score (nSPS) is 16.2. The van der Waals surface area contributed by atoms with Crippen LogP contribution in [0.15, 0.2) is 66.9 Å². The second kappa shape index (κ2) is 7.85. The van der Waals surface area contributed by atoms with Gasteiger partial charge in [-0.2, -0.15) is 0 Å². The minimum absolute atomic E-state index is 0.0459. The number of anilines is 1. The topological polar surface area (TPSA) is 45.2 Å². The second-order valence-corrected chi connectivity index (χ2v) is 7.47. The lowest BCUT2D eigenvalue weighted by atomic mass is 9.96. The van der Waals surface area contributed by atoms with Crippen LogP contribution in [0.25, 0.3) is 11.3 Å². The molecule has 0 spiro atoms. The van der Waals surface area contributed by atoms with Crippen molar-refractivity contribution in [2.75, 3.05) is 18.4 Å².